The second-order valence-corrected chi connectivity index (χ2v) is 8.47. The molecule has 0 amide bonds. The number of hydrogen-bond acceptors (Lipinski definition) is 4. The molecule has 2 rings (SSSR count). The molecule has 0 aliphatic carbocycles. The zero-order chi connectivity index (χ0) is 17.6. The lowest BCUT2D eigenvalue weighted by molar-refractivity contribution is 0.311. The molecule has 0 bridgehead atoms. The van der Waals surface area contributed by atoms with Crippen LogP contribution in [0.5, 0.6) is 0 Å². The van der Waals surface area contributed by atoms with Gasteiger partial charge in [0.25, 0.3) is 0 Å². The summed E-state index contributed by atoms with van der Waals surface area (Å²) >= 11 is 2.36. The number of nitrogens with one attached hydrogen (secondary N) is 2. The van der Waals surface area contributed by atoms with Crippen LogP contribution in [0.3, 0.4) is 0 Å². The first-order valence-corrected chi connectivity index (χ1v) is 10.9. The van der Waals surface area contributed by atoms with Gasteiger partial charge in [0, 0.05) is 35.5 Å². The Kier molecular flexibility index (Phi) is 9.61. The number of sulfonamides is 1. The van der Waals surface area contributed by atoms with Gasteiger partial charge in [0.05, 0.1) is 4.90 Å². The van der Waals surface area contributed by atoms with Crippen molar-refractivity contribution in [3.05, 3.63) is 42.5 Å². The van der Waals surface area contributed by atoms with Gasteiger partial charge in [-0.1, -0.05) is 59.0 Å². The van der Waals surface area contributed by atoms with Crippen LogP contribution < -0.4 is 10.0 Å². The van der Waals surface area contributed by atoms with Crippen LogP contribution in [0.15, 0.2) is 47.4 Å². The minimum Gasteiger partial charge on any atom is -0.314 e. The summed E-state index contributed by atoms with van der Waals surface area (Å²) in [5.74, 6) is 0. The van der Waals surface area contributed by atoms with Crippen molar-refractivity contribution in [3.63, 3.8) is 0 Å². The molecule has 1 unspecified atom stereocenters. The van der Waals surface area contributed by atoms with Crippen molar-refractivity contribution in [2.45, 2.75) is 10.9 Å². The Bertz CT molecular complexity index is 766. The predicted octanol–water partition coefficient (Wildman–Crippen LogP) is 2.49. The molecule has 0 aliphatic heterocycles. The zero-order valence-electron chi connectivity index (χ0n) is 14.4. The summed E-state index contributed by atoms with van der Waals surface area (Å²) in [6.07, 6.45) is 0. The predicted molar refractivity (Wildman–Crippen MR) is 116 cm³/mol. The smallest absolute Gasteiger partial charge is 0.241 e. The van der Waals surface area contributed by atoms with E-state index in [4.69, 9.17) is 0 Å². The van der Waals surface area contributed by atoms with Gasteiger partial charge in [-0.3, -0.25) is 0 Å². The van der Waals surface area contributed by atoms with Crippen molar-refractivity contribution >= 4 is 55.8 Å². The summed E-state index contributed by atoms with van der Waals surface area (Å²) in [5, 5.41) is 4.98. The Hall–Kier alpha value is -0.450. The van der Waals surface area contributed by atoms with Crippen molar-refractivity contribution in [2.24, 2.45) is 0 Å². The first-order valence-electron chi connectivity index (χ1n) is 7.86. The standard InChI is InChI=1S/C17H24IN3O2S.ClH/c1-21(2)15(12-18)13-19-10-11-20-24(22,23)17-9-5-7-14-6-3-4-8-16(14)17;/h3-9,15,19-20H,10-13H2,1-2H3;1H. The molecule has 8 heteroatoms. The molecule has 0 fully saturated rings. The van der Waals surface area contributed by atoms with Crippen LogP contribution in [0.1, 0.15) is 0 Å². The average Bonchev–Trinajstić information content (AvgIpc) is 2.57. The Balaban J connectivity index is 0.00000312. The largest absolute Gasteiger partial charge is 0.314 e. The fourth-order valence-electron chi connectivity index (χ4n) is 2.43. The van der Waals surface area contributed by atoms with E-state index < -0.39 is 10.0 Å². The molecular weight excluding hydrogens is 473 g/mol. The van der Waals surface area contributed by atoms with Crippen LogP contribution in [-0.2, 0) is 10.0 Å². The molecule has 2 aromatic rings. The van der Waals surface area contributed by atoms with Crippen LogP contribution in [-0.4, -0.2) is 57.5 Å². The Morgan fingerprint density at radius 1 is 1.08 bits per heavy atom. The number of halogens is 2. The first kappa shape index (κ1) is 22.6. The third-order valence-corrected chi connectivity index (χ3v) is 6.46. The molecule has 1 atom stereocenters. The van der Waals surface area contributed by atoms with E-state index in [1.807, 2.05) is 44.4 Å². The van der Waals surface area contributed by atoms with E-state index in [0.717, 1.165) is 21.7 Å². The summed E-state index contributed by atoms with van der Waals surface area (Å²) in [5.41, 5.74) is 0. The van der Waals surface area contributed by atoms with Crippen LogP contribution >= 0.6 is 35.0 Å². The maximum atomic E-state index is 12.6. The number of hydrogen-bond donors (Lipinski definition) is 2. The Labute approximate surface area is 170 Å². The Morgan fingerprint density at radius 2 is 1.76 bits per heavy atom. The van der Waals surface area contributed by atoms with E-state index in [1.54, 1.807) is 12.1 Å². The summed E-state index contributed by atoms with van der Waals surface area (Å²) < 4.78 is 28.8. The summed E-state index contributed by atoms with van der Waals surface area (Å²) in [7, 11) is 0.588. The van der Waals surface area contributed by atoms with Gasteiger partial charge < -0.3 is 10.2 Å². The van der Waals surface area contributed by atoms with Crippen molar-refractivity contribution < 1.29 is 8.42 Å². The second-order valence-electron chi connectivity index (χ2n) is 5.85. The van der Waals surface area contributed by atoms with Crippen LogP contribution in [0.25, 0.3) is 10.8 Å². The van der Waals surface area contributed by atoms with Crippen LogP contribution in [0.2, 0.25) is 0 Å². The van der Waals surface area contributed by atoms with Gasteiger partial charge in [0.15, 0.2) is 0 Å². The van der Waals surface area contributed by atoms with Crippen LogP contribution in [0.4, 0.5) is 0 Å². The normalized spacial score (nSPS) is 13.0. The van der Waals surface area contributed by atoms with E-state index in [2.05, 4.69) is 37.5 Å². The Morgan fingerprint density at radius 3 is 2.44 bits per heavy atom. The minimum absolute atomic E-state index is 0. The summed E-state index contributed by atoms with van der Waals surface area (Å²) in [6, 6.07) is 13.3. The quantitative estimate of drug-likeness (QED) is 0.317. The molecule has 25 heavy (non-hydrogen) atoms. The molecule has 140 valence electrons. The highest BCUT2D eigenvalue weighted by Crippen LogP contribution is 2.22. The molecule has 0 saturated heterocycles. The highest BCUT2D eigenvalue weighted by molar-refractivity contribution is 14.1. The van der Waals surface area contributed by atoms with Gasteiger partial charge in [-0.05, 0) is 25.5 Å². The SMILES string of the molecule is CN(C)C(CI)CNCCNS(=O)(=O)c1cccc2ccccc12.Cl. The number of nitrogens with zero attached hydrogens (tertiary/aromatic N) is 1. The van der Waals surface area contributed by atoms with E-state index >= 15 is 0 Å². The summed E-state index contributed by atoms with van der Waals surface area (Å²) in [6.45, 7) is 1.81. The molecule has 0 heterocycles. The first-order chi connectivity index (χ1) is 11.5. The molecule has 5 nitrogen and oxygen atoms in total. The molecule has 0 spiro atoms. The fraction of sp³-hybridized carbons (Fsp3) is 0.412. The lowest BCUT2D eigenvalue weighted by Crippen LogP contribution is -2.41. The summed E-state index contributed by atoms with van der Waals surface area (Å²) in [4.78, 5) is 2.50. The lowest BCUT2D eigenvalue weighted by Gasteiger charge is -2.22. The number of alkyl halides is 1. The molecule has 0 saturated carbocycles. The number of fused-ring (bicyclic) bond motifs is 1. The minimum atomic E-state index is -3.51. The molecular formula is C17H25ClIN3O2S. The average molecular weight is 498 g/mol. The molecule has 2 aromatic carbocycles. The van der Waals surface area contributed by atoms with Gasteiger partial charge in [0.1, 0.15) is 0 Å². The lowest BCUT2D eigenvalue weighted by atomic mass is 10.1. The maximum Gasteiger partial charge on any atom is 0.241 e. The van der Waals surface area contributed by atoms with Gasteiger partial charge in [-0.2, -0.15) is 0 Å². The molecule has 0 radical (unpaired) electrons. The van der Waals surface area contributed by atoms with Crippen molar-refractivity contribution in [1.29, 1.82) is 0 Å². The number of likely N-dealkylation sites (N-methyl/N-ethyl adjacent to an activating group) is 1. The van der Waals surface area contributed by atoms with Gasteiger partial charge in [0.2, 0.25) is 10.0 Å². The van der Waals surface area contributed by atoms with Crippen molar-refractivity contribution in [2.75, 3.05) is 38.2 Å². The number of benzene rings is 2. The fourth-order valence-corrected chi connectivity index (χ4v) is 4.78. The van der Waals surface area contributed by atoms with E-state index in [-0.39, 0.29) is 12.4 Å². The van der Waals surface area contributed by atoms with E-state index in [9.17, 15) is 8.42 Å². The van der Waals surface area contributed by atoms with Crippen molar-refractivity contribution in [1.82, 2.24) is 14.9 Å². The topological polar surface area (TPSA) is 61.4 Å². The molecule has 0 aliphatic rings. The highest BCUT2D eigenvalue weighted by atomic mass is 127. The monoisotopic (exact) mass is 497 g/mol. The highest BCUT2D eigenvalue weighted by Gasteiger charge is 2.16. The van der Waals surface area contributed by atoms with E-state index in [0.29, 0.717) is 24.0 Å². The number of rotatable bonds is 9. The third kappa shape index (κ3) is 6.33. The van der Waals surface area contributed by atoms with Gasteiger partial charge in [-0.15, -0.1) is 12.4 Å². The molecule has 0 aromatic heterocycles. The second kappa shape index (κ2) is 10.6. The third-order valence-electron chi connectivity index (χ3n) is 3.92. The van der Waals surface area contributed by atoms with E-state index in [1.165, 1.54) is 0 Å². The van der Waals surface area contributed by atoms with Gasteiger partial charge >= 0.3 is 0 Å². The molecule has 2 N–H and O–H groups in total. The van der Waals surface area contributed by atoms with Gasteiger partial charge in [-0.25, -0.2) is 13.1 Å². The maximum absolute atomic E-state index is 12.6. The zero-order valence-corrected chi connectivity index (χ0v) is 18.2. The van der Waals surface area contributed by atoms with Crippen molar-refractivity contribution in [3.8, 4) is 0 Å². The van der Waals surface area contributed by atoms with Crippen LogP contribution in [0, 0.1) is 0 Å².